The van der Waals surface area contributed by atoms with Gasteiger partial charge in [0.25, 0.3) is 0 Å². The van der Waals surface area contributed by atoms with E-state index in [1.807, 2.05) is 0 Å². The van der Waals surface area contributed by atoms with E-state index in [4.69, 9.17) is 5.11 Å². The van der Waals surface area contributed by atoms with Crippen molar-refractivity contribution in [3.63, 3.8) is 0 Å². The Hall–Kier alpha value is -1.32. The topological polar surface area (TPSA) is 66.4 Å². The minimum absolute atomic E-state index is 0.118. The highest BCUT2D eigenvalue weighted by Gasteiger charge is 2.28. The van der Waals surface area contributed by atoms with Gasteiger partial charge < -0.3 is 10.4 Å². The predicted octanol–water partition coefficient (Wildman–Crippen LogP) is 2.10. The number of rotatable bonds is 3. The van der Waals surface area contributed by atoms with Crippen LogP contribution in [0.1, 0.15) is 44.9 Å². The van der Waals surface area contributed by atoms with Crippen molar-refractivity contribution in [1.82, 2.24) is 5.32 Å². The highest BCUT2D eigenvalue weighted by molar-refractivity contribution is 5.79. The largest absolute Gasteiger partial charge is 0.481 e. The molecule has 0 saturated heterocycles. The van der Waals surface area contributed by atoms with Crippen molar-refractivity contribution < 1.29 is 14.7 Å². The van der Waals surface area contributed by atoms with E-state index in [1.54, 1.807) is 0 Å². The van der Waals surface area contributed by atoms with Crippen LogP contribution in [0.4, 0.5) is 0 Å². The van der Waals surface area contributed by atoms with Crippen molar-refractivity contribution in [2.45, 2.75) is 51.0 Å². The molecule has 4 heteroatoms. The second-order valence-electron chi connectivity index (χ2n) is 5.38. The second-order valence-corrected chi connectivity index (χ2v) is 5.38. The SMILES string of the molecule is O=C(O)C1CCC(NC(=O)C2CC=CCC2)CC1. The molecule has 0 aromatic rings. The first kappa shape index (κ1) is 13.1. The van der Waals surface area contributed by atoms with Crippen molar-refractivity contribution in [3.8, 4) is 0 Å². The van der Waals surface area contributed by atoms with Crippen LogP contribution in [0.25, 0.3) is 0 Å². The van der Waals surface area contributed by atoms with Gasteiger partial charge in [0.15, 0.2) is 0 Å². The summed E-state index contributed by atoms with van der Waals surface area (Å²) in [4.78, 5) is 22.9. The fraction of sp³-hybridized carbons (Fsp3) is 0.714. The third-order valence-electron chi connectivity index (χ3n) is 4.06. The van der Waals surface area contributed by atoms with Crippen LogP contribution in [0.3, 0.4) is 0 Å². The summed E-state index contributed by atoms with van der Waals surface area (Å²) in [5.41, 5.74) is 0. The molecule has 2 aliphatic carbocycles. The molecule has 18 heavy (non-hydrogen) atoms. The van der Waals surface area contributed by atoms with Crippen molar-refractivity contribution in [3.05, 3.63) is 12.2 Å². The standard InChI is InChI=1S/C14H21NO3/c16-13(10-4-2-1-3-5-10)15-12-8-6-11(7-9-12)14(17)18/h1-2,10-12H,3-9H2,(H,15,16)(H,17,18). The van der Waals surface area contributed by atoms with E-state index in [-0.39, 0.29) is 23.8 Å². The molecular weight excluding hydrogens is 230 g/mol. The molecule has 0 heterocycles. The van der Waals surface area contributed by atoms with Gasteiger partial charge in [-0.25, -0.2) is 0 Å². The molecule has 1 fully saturated rings. The van der Waals surface area contributed by atoms with Gasteiger partial charge in [0.2, 0.25) is 5.91 Å². The summed E-state index contributed by atoms with van der Waals surface area (Å²) in [6, 6.07) is 0.180. The zero-order valence-corrected chi connectivity index (χ0v) is 10.6. The fourth-order valence-corrected chi connectivity index (χ4v) is 2.84. The maximum Gasteiger partial charge on any atom is 0.306 e. The van der Waals surface area contributed by atoms with E-state index in [2.05, 4.69) is 17.5 Å². The van der Waals surface area contributed by atoms with Gasteiger partial charge in [-0.1, -0.05) is 12.2 Å². The lowest BCUT2D eigenvalue weighted by Crippen LogP contribution is -2.41. The van der Waals surface area contributed by atoms with Gasteiger partial charge in [-0.2, -0.15) is 0 Å². The third-order valence-corrected chi connectivity index (χ3v) is 4.06. The molecule has 0 radical (unpaired) electrons. The Kier molecular flexibility index (Phi) is 4.39. The van der Waals surface area contributed by atoms with Gasteiger partial charge >= 0.3 is 5.97 Å². The Balaban J connectivity index is 1.75. The quantitative estimate of drug-likeness (QED) is 0.755. The summed E-state index contributed by atoms with van der Waals surface area (Å²) in [5, 5.41) is 12.0. The van der Waals surface area contributed by atoms with Crippen molar-refractivity contribution in [2.75, 3.05) is 0 Å². The maximum absolute atomic E-state index is 12.0. The van der Waals surface area contributed by atoms with Gasteiger partial charge in [0.05, 0.1) is 5.92 Å². The van der Waals surface area contributed by atoms with Crippen molar-refractivity contribution in [2.24, 2.45) is 11.8 Å². The Labute approximate surface area is 107 Å². The Morgan fingerprint density at radius 1 is 1.00 bits per heavy atom. The first-order valence-corrected chi connectivity index (χ1v) is 6.85. The van der Waals surface area contributed by atoms with E-state index < -0.39 is 5.97 Å². The average molecular weight is 251 g/mol. The van der Waals surface area contributed by atoms with Crippen LogP contribution in [0, 0.1) is 11.8 Å². The molecule has 0 spiro atoms. The lowest BCUT2D eigenvalue weighted by atomic mass is 9.85. The van der Waals surface area contributed by atoms with Crippen molar-refractivity contribution in [1.29, 1.82) is 0 Å². The number of allylic oxidation sites excluding steroid dienone is 2. The number of carboxylic acid groups (broad SMARTS) is 1. The summed E-state index contributed by atoms with van der Waals surface area (Å²) in [6.07, 6.45) is 9.94. The molecule has 0 bridgehead atoms. The molecule has 1 saturated carbocycles. The van der Waals surface area contributed by atoms with E-state index in [9.17, 15) is 9.59 Å². The monoisotopic (exact) mass is 251 g/mol. The number of carboxylic acids is 1. The molecule has 2 N–H and O–H groups in total. The van der Waals surface area contributed by atoms with E-state index in [0.717, 1.165) is 32.1 Å². The number of nitrogens with one attached hydrogen (secondary N) is 1. The van der Waals surface area contributed by atoms with Crippen LogP contribution >= 0.6 is 0 Å². The number of hydrogen-bond donors (Lipinski definition) is 2. The lowest BCUT2D eigenvalue weighted by Gasteiger charge is -2.28. The minimum atomic E-state index is -0.697. The Bertz CT molecular complexity index is 343. The summed E-state index contributed by atoms with van der Waals surface area (Å²) in [7, 11) is 0. The number of hydrogen-bond acceptors (Lipinski definition) is 2. The van der Waals surface area contributed by atoms with Gasteiger partial charge in [-0.3, -0.25) is 9.59 Å². The highest BCUT2D eigenvalue weighted by Crippen LogP contribution is 2.25. The maximum atomic E-state index is 12.0. The van der Waals surface area contributed by atoms with E-state index in [0.29, 0.717) is 12.8 Å². The van der Waals surface area contributed by atoms with E-state index >= 15 is 0 Å². The van der Waals surface area contributed by atoms with Crippen LogP contribution in [-0.4, -0.2) is 23.0 Å². The number of aliphatic carboxylic acids is 1. The number of amides is 1. The minimum Gasteiger partial charge on any atom is -0.481 e. The molecule has 0 aromatic heterocycles. The summed E-state index contributed by atoms with van der Waals surface area (Å²) in [5.74, 6) is -0.640. The predicted molar refractivity (Wildman–Crippen MR) is 68.0 cm³/mol. The zero-order valence-electron chi connectivity index (χ0n) is 10.6. The molecule has 100 valence electrons. The van der Waals surface area contributed by atoms with Crippen LogP contribution in [0.5, 0.6) is 0 Å². The highest BCUT2D eigenvalue weighted by atomic mass is 16.4. The normalized spacial score (nSPS) is 31.9. The summed E-state index contributed by atoms with van der Waals surface area (Å²) in [6.45, 7) is 0. The Morgan fingerprint density at radius 2 is 1.72 bits per heavy atom. The fourth-order valence-electron chi connectivity index (χ4n) is 2.84. The van der Waals surface area contributed by atoms with Gasteiger partial charge in [-0.05, 0) is 44.9 Å². The Morgan fingerprint density at radius 3 is 2.28 bits per heavy atom. The molecule has 1 unspecified atom stereocenters. The van der Waals surface area contributed by atoms with Crippen LogP contribution in [0.2, 0.25) is 0 Å². The van der Waals surface area contributed by atoms with Crippen LogP contribution < -0.4 is 5.32 Å². The molecule has 1 atom stereocenters. The van der Waals surface area contributed by atoms with Crippen LogP contribution in [-0.2, 0) is 9.59 Å². The molecule has 4 nitrogen and oxygen atoms in total. The van der Waals surface area contributed by atoms with Gasteiger partial charge in [0.1, 0.15) is 0 Å². The van der Waals surface area contributed by atoms with Gasteiger partial charge in [0, 0.05) is 12.0 Å². The first-order chi connectivity index (χ1) is 8.66. The van der Waals surface area contributed by atoms with Crippen LogP contribution in [0.15, 0.2) is 12.2 Å². The molecule has 2 aliphatic rings. The summed E-state index contributed by atoms with van der Waals surface area (Å²) < 4.78 is 0. The second kappa shape index (κ2) is 6.03. The zero-order chi connectivity index (χ0) is 13.0. The third kappa shape index (κ3) is 3.34. The van der Waals surface area contributed by atoms with E-state index in [1.165, 1.54) is 0 Å². The smallest absolute Gasteiger partial charge is 0.306 e. The molecule has 0 aromatic carbocycles. The average Bonchev–Trinajstić information content (AvgIpc) is 2.40. The number of carbonyl (C=O) groups excluding carboxylic acids is 1. The van der Waals surface area contributed by atoms with Crippen molar-refractivity contribution >= 4 is 11.9 Å². The molecule has 2 rings (SSSR count). The molecule has 1 amide bonds. The summed E-state index contributed by atoms with van der Waals surface area (Å²) >= 11 is 0. The first-order valence-electron chi connectivity index (χ1n) is 6.85. The molecular formula is C14H21NO3. The molecule has 0 aliphatic heterocycles. The van der Waals surface area contributed by atoms with Gasteiger partial charge in [-0.15, -0.1) is 0 Å². The number of carbonyl (C=O) groups is 2. The lowest BCUT2D eigenvalue weighted by molar-refractivity contribution is -0.142.